The van der Waals surface area contributed by atoms with E-state index in [0.29, 0.717) is 5.92 Å². The van der Waals surface area contributed by atoms with E-state index < -0.39 is 0 Å². The van der Waals surface area contributed by atoms with Gasteiger partial charge in [-0.25, -0.2) is 9.98 Å². The number of aromatic nitrogens is 3. The zero-order chi connectivity index (χ0) is 17.3. The van der Waals surface area contributed by atoms with E-state index in [9.17, 15) is 0 Å². The fraction of sp³-hybridized carbons (Fsp3) is 0.400. The maximum absolute atomic E-state index is 4.88. The van der Waals surface area contributed by atoms with Crippen LogP contribution in [-0.2, 0) is 0 Å². The maximum Gasteiger partial charge on any atom is 0.163 e. The molecule has 0 fully saturated rings. The molecule has 4 rings (SSSR count). The lowest BCUT2D eigenvalue weighted by atomic mass is 9.71. The molecule has 0 radical (unpaired) electrons. The minimum atomic E-state index is 0.229. The smallest absolute Gasteiger partial charge is 0.163 e. The quantitative estimate of drug-likeness (QED) is 0.885. The first-order chi connectivity index (χ1) is 12.1. The molecule has 0 aromatic carbocycles. The fourth-order valence-electron chi connectivity index (χ4n) is 3.89. The van der Waals surface area contributed by atoms with E-state index in [2.05, 4.69) is 45.3 Å². The summed E-state index contributed by atoms with van der Waals surface area (Å²) in [7, 11) is 0. The van der Waals surface area contributed by atoms with Gasteiger partial charge in [-0.15, -0.1) is 0 Å². The Balaban J connectivity index is 1.60. The van der Waals surface area contributed by atoms with Crippen molar-refractivity contribution in [3.63, 3.8) is 0 Å². The van der Waals surface area contributed by atoms with Crippen molar-refractivity contribution in [3.05, 3.63) is 42.4 Å². The topological polar surface area (TPSA) is 66.3 Å². The molecular formula is C20H23N5. The summed E-state index contributed by atoms with van der Waals surface area (Å²) in [6.45, 7) is 4.38. The van der Waals surface area contributed by atoms with Crippen molar-refractivity contribution in [1.82, 2.24) is 15.2 Å². The van der Waals surface area contributed by atoms with Crippen LogP contribution in [0.3, 0.4) is 0 Å². The molecule has 1 N–H and O–H groups in total. The number of pyridine rings is 1. The lowest BCUT2D eigenvalue weighted by molar-refractivity contribution is 0.274. The van der Waals surface area contributed by atoms with Gasteiger partial charge in [0.25, 0.3) is 0 Å². The van der Waals surface area contributed by atoms with Crippen molar-refractivity contribution >= 4 is 28.6 Å². The number of fused-ring (bicyclic) bond motifs is 1. The molecule has 0 spiro atoms. The van der Waals surface area contributed by atoms with E-state index in [4.69, 9.17) is 4.99 Å². The summed E-state index contributed by atoms with van der Waals surface area (Å²) in [4.78, 5) is 13.6. The third-order valence-corrected chi connectivity index (χ3v) is 5.12. The van der Waals surface area contributed by atoms with E-state index in [0.717, 1.165) is 53.8 Å². The Morgan fingerprint density at radius 1 is 1.40 bits per heavy atom. The molecule has 0 saturated heterocycles. The highest BCUT2D eigenvalue weighted by Crippen LogP contribution is 2.39. The van der Waals surface area contributed by atoms with Gasteiger partial charge in [0.05, 0.1) is 10.9 Å². The number of H-pyrrole nitrogens is 1. The molecule has 0 saturated carbocycles. The standard InChI is InChI=1S/C20H23N5/c1-14-18-17(25-24-14)7-11-22-19(18)23-16-4-3-8-20(2,13-16)12-15-5-9-21-10-6-15/h3-5,7,9-11,15H,6,8,12-13H2,1-2H3,(H,24,25). The van der Waals surface area contributed by atoms with Crippen molar-refractivity contribution < 1.29 is 0 Å². The van der Waals surface area contributed by atoms with Crippen molar-refractivity contribution in [2.24, 2.45) is 21.3 Å². The molecule has 1 aliphatic heterocycles. The Hall–Kier alpha value is -2.56. The van der Waals surface area contributed by atoms with Crippen LogP contribution in [0.15, 0.2) is 46.7 Å². The van der Waals surface area contributed by atoms with E-state index >= 15 is 0 Å². The highest BCUT2D eigenvalue weighted by molar-refractivity contribution is 6.00. The number of rotatable bonds is 3. The summed E-state index contributed by atoms with van der Waals surface area (Å²) in [6.07, 6.45) is 16.6. The second-order valence-electron chi connectivity index (χ2n) is 7.45. The molecule has 128 valence electrons. The molecule has 2 aromatic heterocycles. The average Bonchev–Trinajstić information content (AvgIpc) is 2.98. The van der Waals surface area contributed by atoms with Gasteiger partial charge < -0.3 is 0 Å². The Morgan fingerprint density at radius 2 is 2.32 bits per heavy atom. The second-order valence-corrected chi connectivity index (χ2v) is 7.45. The summed E-state index contributed by atoms with van der Waals surface area (Å²) >= 11 is 0. The molecule has 2 aliphatic rings. The van der Waals surface area contributed by atoms with Gasteiger partial charge in [-0.2, -0.15) is 5.10 Å². The van der Waals surface area contributed by atoms with Gasteiger partial charge in [-0.1, -0.05) is 19.1 Å². The summed E-state index contributed by atoms with van der Waals surface area (Å²) in [5.41, 5.74) is 3.26. The third-order valence-electron chi connectivity index (χ3n) is 5.12. The normalized spacial score (nSPS) is 27.4. The van der Waals surface area contributed by atoms with E-state index in [1.54, 1.807) is 6.20 Å². The van der Waals surface area contributed by atoms with Crippen LogP contribution in [0.4, 0.5) is 5.82 Å². The van der Waals surface area contributed by atoms with Crippen LogP contribution in [0.2, 0.25) is 0 Å². The monoisotopic (exact) mass is 333 g/mol. The van der Waals surface area contributed by atoms with Crippen molar-refractivity contribution in [3.8, 4) is 0 Å². The van der Waals surface area contributed by atoms with Gasteiger partial charge in [0, 0.05) is 30.0 Å². The molecule has 5 nitrogen and oxygen atoms in total. The van der Waals surface area contributed by atoms with E-state index in [-0.39, 0.29) is 5.41 Å². The van der Waals surface area contributed by atoms with Gasteiger partial charge >= 0.3 is 0 Å². The Kier molecular flexibility index (Phi) is 4.07. The molecule has 0 bridgehead atoms. The minimum Gasteiger partial charge on any atom is -0.281 e. The fourth-order valence-corrected chi connectivity index (χ4v) is 3.89. The molecule has 3 heterocycles. The van der Waals surface area contributed by atoms with Crippen LogP contribution in [0.5, 0.6) is 0 Å². The first-order valence-electron chi connectivity index (χ1n) is 8.85. The molecule has 2 aromatic rings. The first-order valence-corrected chi connectivity index (χ1v) is 8.85. The van der Waals surface area contributed by atoms with Crippen LogP contribution >= 0.6 is 0 Å². The number of allylic oxidation sites excluding steroid dienone is 3. The van der Waals surface area contributed by atoms with Crippen LogP contribution in [0.1, 0.15) is 38.3 Å². The maximum atomic E-state index is 4.88. The number of aliphatic imine (C=N–C) groups is 2. The number of aromatic amines is 1. The van der Waals surface area contributed by atoms with Crippen molar-refractivity contribution in [1.29, 1.82) is 0 Å². The minimum absolute atomic E-state index is 0.229. The Bertz CT molecular complexity index is 902. The third kappa shape index (κ3) is 3.31. The van der Waals surface area contributed by atoms with E-state index in [1.807, 2.05) is 25.4 Å². The zero-order valence-electron chi connectivity index (χ0n) is 14.7. The number of nitrogens with one attached hydrogen (secondary N) is 1. The number of aryl methyl sites for hydroxylation is 1. The summed E-state index contributed by atoms with van der Waals surface area (Å²) in [5, 5.41) is 8.35. The number of nitrogens with zero attached hydrogens (tertiary/aromatic N) is 4. The lowest BCUT2D eigenvalue weighted by Gasteiger charge is -2.34. The first kappa shape index (κ1) is 15.9. The largest absolute Gasteiger partial charge is 0.281 e. The molecular weight excluding hydrogens is 310 g/mol. The second kappa shape index (κ2) is 6.39. The van der Waals surface area contributed by atoms with Gasteiger partial charge in [0.2, 0.25) is 0 Å². The van der Waals surface area contributed by atoms with Crippen LogP contribution in [-0.4, -0.2) is 27.1 Å². The number of hydrogen-bond acceptors (Lipinski definition) is 4. The van der Waals surface area contributed by atoms with Gasteiger partial charge in [0.1, 0.15) is 0 Å². The van der Waals surface area contributed by atoms with Crippen molar-refractivity contribution in [2.45, 2.75) is 39.5 Å². The summed E-state index contributed by atoms with van der Waals surface area (Å²) in [5.74, 6) is 1.34. The Morgan fingerprint density at radius 3 is 3.16 bits per heavy atom. The van der Waals surface area contributed by atoms with Crippen LogP contribution in [0, 0.1) is 18.3 Å². The highest BCUT2D eigenvalue weighted by Gasteiger charge is 2.30. The van der Waals surface area contributed by atoms with Gasteiger partial charge in [0.15, 0.2) is 5.82 Å². The SMILES string of the molecule is Cc1[nH]nc2ccnc(N=C3C=CCC(C)(CC4C=CN=CC4)C3)c12. The summed E-state index contributed by atoms with van der Waals surface area (Å²) < 4.78 is 0. The lowest BCUT2D eigenvalue weighted by Crippen LogP contribution is -2.26. The van der Waals surface area contributed by atoms with Crippen LogP contribution < -0.4 is 0 Å². The van der Waals surface area contributed by atoms with E-state index in [1.165, 1.54) is 0 Å². The summed E-state index contributed by atoms with van der Waals surface area (Å²) in [6, 6.07) is 1.92. The Labute approximate surface area is 147 Å². The van der Waals surface area contributed by atoms with Gasteiger partial charge in [-0.3, -0.25) is 10.1 Å². The zero-order valence-corrected chi connectivity index (χ0v) is 14.7. The predicted octanol–water partition coefficient (Wildman–Crippen LogP) is 4.69. The predicted molar refractivity (Wildman–Crippen MR) is 103 cm³/mol. The molecule has 5 heteroatoms. The number of hydrogen-bond donors (Lipinski definition) is 1. The van der Waals surface area contributed by atoms with Crippen molar-refractivity contribution in [2.75, 3.05) is 0 Å². The molecule has 1 aliphatic carbocycles. The average molecular weight is 333 g/mol. The van der Waals surface area contributed by atoms with Crippen LogP contribution in [0.25, 0.3) is 10.9 Å². The molecule has 25 heavy (non-hydrogen) atoms. The van der Waals surface area contributed by atoms with Gasteiger partial charge in [-0.05, 0) is 56.1 Å². The molecule has 2 atom stereocenters. The molecule has 2 unspecified atom stereocenters. The highest BCUT2D eigenvalue weighted by atomic mass is 15.1. The molecule has 0 amide bonds.